The van der Waals surface area contributed by atoms with Gasteiger partial charge < -0.3 is 5.32 Å². The topological polar surface area (TPSA) is 29.1 Å². The lowest BCUT2D eigenvalue weighted by molar-refractivity contribution is -0.122. The van der Waals surface area contributed by atoms with Crippen LogP contribution in [0.1, 0.15) is 19.8 Å². The van der Waals surface area contributed by atoms with Gasteiger partial charge in [0.2, 0.25) is 0 Å². The van der Waals surface area contributed by atoms with Gasteiger partial charge in [-0.1, -0.05) is 23.2 Å². The standard InChI is InChI=1S/C8H13Cl2NOS/c1-8(9,10)7(12)11-6-3-2-4-13-5-6/h6H,2-5H2,1H3,(H,11,12). The van der Waals surface area contributed by atoms with Crippen LogP contribution >= 0.6 is 35.0 Å². The molecule has 1 atom stereocenters. The van der Waals surface area contributed by atoms with E-state index in [4.69, 9.17) is 23.2 Å². The monoisotopic (exact) mass is 241 g/mol. The fraction of sp³-hybridized carbons (Fsp3) is 0.875. The van der Waals surface area contributed by atoms with Crippen molar-refractivity contribution in [2.45, 2.75) is 30.1 Å². The van der Waals surface area contributed by atoms with Gasteiger partial charge in [-0.25, -0.2) is 0 Å². The second-order valence-electron chi connectivity index (χ2n) is 3.28. The van der Waals surface area contributed by atoms with E-state index in [0.717, 1.165) is 18.6 Å². The Kier molecular flexibility index (Phi) is 4.20. The third-order valence-corrected chi connectivity index (χ3v) is 3.45. The summed E-state index contributed by atoms with van der Waals surface area (Å²) in [5, 5.41) is 2.84. The van der Waals surface area contributed by atoms with Gasteiger partial charge >= 0.3 is 0 Å². The molecule has 1 unspecified atom stereocenters. The fourth-order valence-corrected chi connectivity index (χ4v) is 2.35. The Labute approximate surface area is 92.7 Å². The summed E-state index contributed by atoms with van der Waals surface area (Å²) in [5.74, 6) is 1.87. The van der Waals surface area contributed by atoms with Crippen LogP contribution in [0.25, 0.3) is 0 Å². The van der Waals surface area contributed by atoms with Crippen LogP contribution in [0, 0.1) is 0 Å². The number of hydrogen-bond acceptors (Lipinski definition) is 2. The maximum atomic E-state index is 11.3. The lowest BCUT2D eigenvalue weighted by Gasteiger charge is -2.24. The molecule has 0 aromatic carbocycles. The van der Waals surface area contributed by atoms with E-state index in [1.807, 2.05) is 11.8 Å². The molecule has 1 aliphatic rings. The highest BCUT2D eigenvalue weighted by molar-refractivity contribution is 7.99. The third-order valence-electron chi connectivity index (χ3n) is 1.89. The molecule has 0 radical (unpaired) electrons. The van der Waals surface area contributed by atoms with Gasteiger partial charge in [0, 0.05) is 11.8 Å². The van der Waals surface area contributed by atoms with Crippen molar-refractivity contribution in [1.29, 1.82) is 0 Å². The van der Waals surface area contributed by atoms with Crippen molar-refractivity contribution in [3.8, 4) is 0 Å². The zero-order chi connectivity index (χ0) is 9.90. The van der Waals surface area contributed by atoms with Crippen LogP contribution in [0.5, 0.6) is 0 Å². The molecule has 1 N–H and O–H groups in total. The molecule has 0 aromatic rings. The van der Waals surface area contributed by atoms with Crippen LogP contribution in [0.2, 0.25) is 0 Å². The average Bonchev–Trinajstić information content (AvgIpc) is 2.04. The number of hydrogen-bond donors (Lipinski definition) is 1. The predicted molar refractivity (Wildman–Crippen MR) is 58.6 cm³/mol. The molecule has 0 aliphatic carbocycles. The van der Waals surface area contributed by atoms with Crippen molar-refractivity contribution in [3.63, 3.8) is 0 Å². The molecule has 1 amide bonds. The van der Waals surface area contributed by atoms with Gasteiger partial charge in [-0.15, -0.1) is 0 Å². The van der Waals surface area contributed by atoms with Gasteiger partial charge in [0.15, 0.2) is 4.33 Å². The van der Waals surface area contributed by atoms with Crippen molar-refractivity contribution in [2.24, 2.45) is 0 Å². The first-order chi connectivity index (χ1) is 6.00. The van der Waals surface area contributed by atoms with E-state index in [9.17, 15) is 4.79 Å². The van der Waals surface area contributed by atoms with E-state index in [2.05, 4.69) is 5.32 Å². The van der Waals surface area contributed by atoms with Crippen molar-refractivity contribution in [3.05, 3.63) is 0 Å². The van der Waals surface area contributed by atoms with E-state index in [0.29, 0.717) is 0 Å². The normalized spacial score (nSPS) is 24.1. The maximum absolute atomic E-state index is 11.3. The van der Waals surface area contributed by atoms with Crippen molar-refractivity contribution >= 4 is 40.9 Å². The molecule has 0 bridgehead atoms. The lowest BCUT2D eigenvalue weighted by atomic mass is 10.2. The molecular weight excluding hydrogens is 229 g/mol. The Morgan fingerprint density at radius 3 is 2.77 bits per heavy atom. The Bertz CT molecular complexity index is 187. The highest BCUT2D eigenvalue weighted by Crippen LogP contribution is 2.22. The molecule has 1 saturated heterocycles. The smallest absolute Gasteiger partial charge is 0.256 e. The van der Waals surface area contributed by atoms with Gasteiger partial charge in [-0.2, -0.15) is 11.8 Å². The van der Waals surface area contributed by atoms with E-state index >= 15 is 0 Å². The van der Waals surface area contributed by atoms with Crippen LogP contribution in [0.3, 0.4) is 0 Å². The fourth-order valence-electron chi connectivity index (χ4n) is 1.17. The van der Waals surface area contributed by atoms with Gasteiger partial charge in [0.1, 0.15) is 0 Å². The van der Waals surface area contributed by atoms with E-state index < -0.39 is 4.33 Å². The van der Waals surface area contributed by atoms with Crippen molar-refractivity contribution in [2.75, 3.05) is 11.5 Å². The van der Waals surface area contributed by atoms with E-state index in [1.54, 1.807) is 0 Å². The summed E-state index contributed by atoms with van der Waals surface area (Å²) in [4.78, 5) is 11.3. The molecule has 0 aromatic heterocycles. The van der Waals surface area contributed by atoms with Crippen LogP contribution in [0.15, 0.2) is 0 Å². The van der Waals surface area contributed by atoms with Gasteiger partial charge in [0.05, 0.1) is 0 Å². The molecule has 2 nitrogen and oxygen atoms in total. The number of nitrogens with one attached hydrogen (secondary N) is 1. The second kappa shape index (κ2) is 4.76. The van der Waals surface area contributed by atoms with Crippen molar-refractivity contribution in [1.82, 2.24) is 5.32 Å². The number of rotatable bonds is 2. The molecule has 5 heteroatoms. The molecular formula is C8H13Cl2NOS. The van der Waals surface area contributed by atoms with E-state index in [1.165, 1.54) is 12.7 Å². The van der Waals surface area contributed by atoms with Crippen LogP contribution in [0.4, 0.5) is 0 Å². The summed E-state index contributed by atoms with van der Waals surface area (Å²) in [6.07, 6.45) is 2.18. The minimum Gasteiger partial charge on any atom is -0.350 e. The molecule has 1 heterocycles. The highest BCUT2D eigenvalue weighted by Gasteiger charge is 2.29. The zero-order valence-electron chi connectivity index (χ0n) is 7.48. The summed E-state index contributed by atoms with van der Waals surface area (Å²) in [6, 6.07) is 0.239. The number of carbonyl (C=O) groups excluding carboxylic acids is 1. The SMILES string of the molecule is CC(Cl)(Cl)C(=O)NC1CCCSC1. The number of alkyl halides is 2. The van der Waals surface area contributed by atoms with Crippen molar-refractivity contribution < 1.29 is 4.79 Å². The predicted octanol–water partition coefficient (Wildman–Crippen LogP) is 2.19. The minimum atomic E-state index is -1.30. The Hall–Kier alpha value is 0.400. The molecule has 1 rings (SSSR count). The summed E-state index contributed by atoms with van der Waals surface area (Å²) < 4.78 is -1.30. The third kappa shape index (κ3) is 3.96. The van der Waals surface area contributed by atoms with Gasteiger partial charge in [-0.3, -0.25) is 4.79 Å². The molecule has 1 fully saturated rings. The highest BCUT2D eigenvalue weighted by atomic mass is 35.5. The first kappa shape index (κ1) is 11.5. The summed E-state index contributed by atoms with van der Waals surface area (Å²) in [7, 11) is 0. The van der Waals surface area contributed by atoms with Gasteiger partial charge in [0.25, 0.3) is 5.91 Å². The number of amides is 1. The molecule has 0 saturated carbocycles. The lowest BCUT2D eigenvalue weighted by Crippen LogP contribution is -2.44. The zero-order valence-corrected chi connectivity index (χ0v) is 9.81. The minimum absolute atomic E-state index is 0.239. The largest absolute Gasteiger partial charge is 0.350 e. The number of halogens is 2. The molecule has 13 heavy (non-hydrogen) atoms. The Balaban J connectivity index is 2.35. The first-order valence-corrected chi connectivity index (χ1v) is 6.18. The summed E-state index contributed by atoms with van der Waals surface area (Å²) in [6.45, 7) is 1.49. The van der Waals surface area contributed by atoms with Gasteiger partial charge in [-0.05, 0) is 25.5 Å². The second-order valence-corrected chi connectivity index (χ2v) is 6.13. The molecule has 1 aliphatic heterocycles. The Morgan fingerprint density at radius 2 is 2.31 bits per heavy atom. The van der Waals surface area contributed by atoms with E-state index in [-0.39, 0.29) is 11.9 Å². The first-order valence-electron chi connectivity index (χ1n) is 4.26. The maximum Gasteiger partial charge on any atom is 0.256 e. The molecule has 0 spiro atoms. The molecule has 76 valence electrons. The quantitative estimate of drug-likeness (QED) is 0.752. The van der Waals surface area contributed by atoms with Crippen LogP contribution < -0.4 is 5.32 Å². The van der Waals surface area contributed by atoms with Crippen LogP contribution in [-0.2, 0) is 4.79 Å². The average molecular weight is 242 g/mol. The summed E-state index contributed by atoms with van der Waals surface area (Å²) >= 11 is 13.2. The number of carbonyl (C=O) groups is 1. The number of thioether (sulfide) groups is 1. The Morgan fingerprint density at radius 1 is 1.62 bits per heavy atom. The summed E-state index contributed by atoms with van der Waals surface area (Å²) in [5.41, 5.74) is 0. The van der Waals surface area contributed by atoms with Crippen LogP contribution in [-0.4, -0.2) is 27.8 Å².